The van der Waals surface area contributed by atoms with Crippen molar-refractivity contribution in [1.82, 2.24) is 14.8 Å². The Morgan fingerprint density at radius 1 is 1.09 bits per heavy atom. The first-order valence-electron chi connectivity index (χ1n) is 14.5. The smallest absolute Gasteiger partial charge is 0.386 e. The van der Waals surface area contributed by atoms with Crippen LogP contribution in [-0.2, 0) is 36.6 Å². The Bertz CT molecular complexity index is 1260. The molecule has 236 valence electrons. The van der Waals surface area contributed by atoms with E-state index in [1.807, 2.05) is 22.4 Å². The summed E-state index contributed by atoms with van der Waals surface area (Å²) in [6, 6.07) is 8.11. The largest absolute Gasteiger partial charge is 0.491 e. The number of alkyl halides is 3. The Balaban J connectivity index is 1.16. The summed E-state index contributed by atoms with van der Waals surface area (Å²) in [6.07, 6.45) is -2.48. The molecule has 0 unspecified atom stereocenters. The number of morpholine rings is 1. The number of esters is 2. The number of carbonyl (C=O) groups is 3. The Labute approximate surface area is 253 Å². The Kier molecular flexibility index (Phi) is 11.3. The lowest BCUT2D eigenvalue weighted by molar-refractivity contribution is -0.202. The third-order valence-electron chi connectivity index (χ3n) is 7.67. The normalized spacial score (nSPS) is 17.4. The molecule has 2 aliphatic heterocycles. The lowest BCUT2D eigenvalue weighted by Gasteiger charge is -2.47. The number of ether oxygens (including phenoxy) is 3. The number of benzene rings is 1. The highest BCUT2D eigenvalue weighted by atomic mass is 32.1. The van der Waals surface area contributed by atoms with Crippen molar-refractivity contribution in [1.29, 1.82) is 0 Å². The molecule has 0 atom stereocenters. The molecule has 1 spiro atoms. The second kappa shape index (κ2) is 14.7. The Morgan fingerprint density at radius 3 is 2.49 bits per heavy atom. The molecule has 0 aliphatic carbocycles. The van der Waals surface area contributed by atoms with Crippen LogP contribution in [0.5, 0.6) is 0 Å². The molecule has 1 aromatic carbocycles. The fourth-order valence-corrected chi connectivity index (χ4v) is 6.01. The monoisotopic (exact) mass is 625 g/mol. The molecule has 0 radical (unpaired) electrons. The highest BCUT2D eigenvalue weighted by molar-refractivity contribution is 7.09. The summed E-state index contributed by atoms with van der Waals surface area (Å²) in [5.41, 5.74) is 2.44. The molecule has 4 rings (SSSR count). The van der Waals surface area contributed by atoms with Crippen molar-refractivity contribution in [2.24, 2.45) is 0 Å². The molecule has 13 heteroatoms. The third kappa shape index (κ3) is 9.56. The van der Waals surface area contributed by atoms with Gasteiger partial charge in [-0.15, -0.1) is 11.3 Å². The first-order valence-corrected chi connectivity index (χ1v) is 15.4. The van der Waals surface area contributed by atoms with Crippen molar-refractivity contribution >= 4 is 29.2 Å². The molecular weight excluding hydrogens is 587 g/mol. The number of piperidine rings is 1. The maximum atomic E-state index is 13.1. The topological polar surface area (TPSA) is 98.3 Å². The minimum Gasteiger partial charge on any atom is -0.386 e. The van der Waals surface area contributed by atoms with Crippen LogP contribution in [0.15, 0.2) is 29.6 Å². The average Bonchev–Trinajstić information content (AvgIpc) is 3.47. The van der Waals surface area contributed by atoms with Crippen LogP contribution in [0.3, 0.4) is 0 Å². The summed E-state index contributed by atoms with van der Waals surface area (Å²) in [6.45, 7) is 8.66. The fraction of sp³-hybridized carbons (Fsp3) is 0.600. The van der Waals surface area contributed by atoms with Gasteiger partial charge in [-0.25, -0.2) is 9.78 Å². The van der Waals surface area contributed by atoms with Crippen molar-refractivity contribution in [3.8, 4) is 0 Å². The maximum Gasteiger partial charge on any atom is 0.491 e. The van der Waals surface area contributed by atoms with Gasteiger partial charge in [0.1, 0.15) is 5.69 Å². The number of hydrogen-bond donors (Lipinski definition) is 0. The van der Waals surface area contributed by atoms with Crippen molar-refractivity contribution in [3.05, 3.63) is 51.5 Å². The number of hydrogen-bond acceptors (Lipinski definition) is 9. The molecule has 3 heterocycles. The summed E-state index contributed by atoms with van der Waals surface area (Å²) in [7, 11) is 0. The first-order chi connectivity index (χ1) is 20.4. The van der Waals surface area contributed by atoms with Gasteiger partial charge in [0.05, 0.1) is 43.4 Å². The van der Waals surface area contributed by atoms with Crippen LogP contribution < -0.4 is 0 Å². The summed E-state index contributed by atoms with van der Waals surface area (Å²) >= 11 is 1.53. The molecule has 1 amide bonds. The molecule has 2 aromatic rings. The van der Waals surface area contributed by atoms with Gasteiger partial charge in [-0.3, -0.25) is 9.59 Å². The minimum atomic E-state index is -5.20. The van der Waals surface area contributed by atoms with E-state index in [-0.39, 0.29) is 24.7 Å². The number of thiazole rings is 1. The number of likely N-dealkylation sites (tertiary alicyclic amines) is 1. The summed E-state index contributed by atoms with van der Waals surface area (Å²) in [5.74, 6) is -3.51. The van der Waals surface area contributed by atoms with Gasteiger partial charge in [0.15, 0.2) is 0 Å². The van der Waals surface area contributed by atoms with E-state index in [1.54, 1.807) is 0 Å². The maximum absolute atomic E-state index is 13.1. The minimum absolute atomic E-state index is 0.0153. The Morgan fingerprint density at radius 2 is 1.81 bits per heavy atom. The van der Waals surface area contributed by atoms with Crippen LogP contribution in [0.25, 0.3) is 0 Å². The summed E-state index contributed by atoms with van der Waals surface area (Å²) in [5, 5.41) is 2.83. The fourth-order valence-electron chi connectivity index (χ4n) is 5.21. The molecular formula is C30H38F3N3O6S. The van der Waals surface area contributed by atoms with E-state index in [0.29, 0.717) is 37.7 Å². The van der Waals surface area contributed by atoms with Crippen LogP contribution in [0.1, 0.15) is 65.7 Å². The van der Waals surface area contributed by atoms with Crippen molar-refractivity contribution in [3.63, 3.8) is 0 Å². The van der Waals surface area contributed by atoms with E-state index in [1.165, 1.54) is 16.9 Å². The first kappa shape index (κ1) is 33.0. The molecule has 2 saturated heterocycles. The number of halogens is 3. The molecule has 9 nitrogen and oxygen atoms in total. The summed E-state index contributed by atoms with van der Waals surface area (Å²) < 4.78 is 51.7. The molecule has 0 bridgehead atoms. The number of rotatable bonds is 11. The number of amides is 1. The van der Waals surface area contributed by atoms with Gasteiger partial charge < -0.3 is 24.0 Å². The van der Waals surface area contributed by atoms with E-state index in [2.05, 4.69) is 40.6 Å². The lowest BCUT2D eigenvalue weighted by atomic mass is 9.89. The molecule has 43 heavy (non-hydrogen) atoms. The molecule has 0 saturated carbocycles. The second-order valence-corrected chi connectivity index (χ2v) is 12.2. The van der Waals surface area contributed by atoms with Gasteiger partial charge in [0, 0.05) is 37.5 Å². The van der Waals surface area contributed by atoms with Gasteiger partial charge in [0.25, 0.3) is 5.91 Å². The zero-order valence-electron chi connectivity index (χ0n) is 24.5. The number of carbonyl (C=O) groups excluding carboxylic acids is 3. The van der Waals surface area contributed by atoms with Gasteiger partial charge in [-0.2, -0.15) is 13.2 Å². The van der Waals surface area contributed by atoms with Crippen LogP contribution >= 0.6 is 11.3 Å². The van der Waals surface area contributed by atoms with Gasteiger partial charge in [0.2, 0.25) is 0 Å². The average molecular weight is 626 g/mol. The van der Waals surface area contributed by atoms with Crippen LogP contribution in [0.4, 0.5) is 13.2 Å². The van der Waals surface area contributed by atoms with Crippen molar-refractivity contribution in [2.45, 2.75) is 63.6 Å². The quantitative estimate of drug-likeness (QED) is 0.206. The van der Waals surface area contributed by atoms with Crippen LogP contribution in [-0.4, -0.2) is 97.0 Å². The van der Waals surface area contributed by atoms with Gasteiger partial charge in [-0.05, 0) is 36.8 Å². The van der Waals surface area contributed by atoms with E-state index in [0.717, 1.165) is 49.5 Å². The molecule has 1 aromatic heterocycles. The van der Waals surface area contributed by atoms with Crippen LogP contribution in [0, 0.1) is 0 Å². The predicted octanol–water partition coefficient (Wildman–Crippen LogP) is 4.40. The number of aromatic nitrogens is 1. The molecule has 2 fully saturated rings. The zero-order chi connectivity index (χ0) is 31.0. The van der Waals surface area contributed by atoms with E-state index in [9.17, 15) is 27.6 Å². The highest BCUT2D eigenvalue weighted by Gasteiger charge is 2.43. The predicted molar refractivity (Wildman–Crippen MR) is 153 cm³/mol. The van der Waals surface area contributed by atoms with E-state index >= 15 is 0 Å². The molecule has 2 aliphatic rings. The zero-order valence-corrected chi connectivity index (χ0v) is 25.3. The second-order valence-electron chi connectivity index (χ2n) is 11.3. The summed E-state index contributed by atoms with van der Waals surface area (Å²) in [4.78, 5) is 44.0. The van der Waals surface area contributed by atoms with Crippen molar-refractivity contribution in [2.75, 3.05) is 52.5 Å². The third-order valence-corrected chi connectivity index (χ3v) is 8.81. The SMILES string of the molecule is CC(C)c1nc(C(=O)N2CCOC3(CCN(CCc4cccc(CCOCCC(=O)OC(=O)C(F)(F)F)c4)CC3)C2)cs1. The van der Waals surface area contributed by atoms with E-state index < -0.39 is 24.5 Å². The van der Waals surface area contributed by atoms with E-state index in [4.69, 9.17) is 9.47 Å². The van der Waals surface area contributed by atoms with Gasteiger partial charge in [-0.1, -0.05) is 38.1 Å². The Hall–Kier alpha value is -2.87. The van der Waals surface area contributed by atoms with Crippen LogP contribution in [0.2, 0.25) is 0 Å². The molecule has 0 N–H and O–H groups in total. The lowest BCUT2D eigenvalue weighted by Crippen LogP contribution is -2.58. The van der Waals surface area contributed by atoms with Gasteiger partial charge >= 0.3 is 18.1 Å². The standard InChI is InChI=1S/C30H38F3N3O6S/c1-21(2)26-34-24(19-43-26)27(38)36-14-17-41-29(20-36)9-12-35(13-10-29)11-6-22-4-3-5-23(18-22)7-15-40-16-8-25(37)42-28(39)30(31,32)33/h3-5,18-19,21H,6-17,20H2,1-2H3. The highest BCUT2D eigenvalue weighted by Crippen LogP contribution is 2.31. The van der Waals surface area contributed by atoms with Crippen molar-refractivity contribution < 1.29 is 41.8 Å². The number of nitrogens with zero attached hydrogens (tertiary/aromatic N) is 3.